The monoisotopic (exact) mass is 709 g/mol. The summed E-state index contributed by atoms with van der Waals surface area (Å²) in [6.45, 7) is 5.27. The maximum Gasteiger partial charge on any atom is 0.264 e. The summed E-state index contributed by atoms with van der Waals surface area (Å²) in [6.07, 6.45) is 0.196. The van der Waals surface area contributed by atoms with Crippen molar-refractivity contribution in [3.63, 3.8) is 0 Å². The normalized spacial score (nSPS) is 12.0. The number of rotatable bonds is 14. The summed E-state index contributed by atoms with van der Waals surface area (Å²) >= 11 is 3.48. The van der Waals surface area contributed by atoms with Crippen molar-refractivity contribution in [2.75, 3.05) is 17.5 Å². The van der Waals surface area contributed by atoms with Gasteiger partial charge in [-0.15, -0.1) is 0 Å². The van der Waals surface area contributed by atoms with Crippen molar-refractivity contribution >= 4 is 43.5 Å². The zero-order valence-electron chi connectivity index (χ0n) is 25.9. The van der Waals surface area contributed by atoms with Gasteiger partial charge in [0.15, 0.2) is 0 Å². The van der Waals surface area contributed by atoms with E-state index in [-0.39, 0.29) is 35.5 Å². The van der Waals surface area contributed by atoms with Crippen LogP contribution in [0.3, 0.4) is 0 Å². The Morgan fingerprint density at radius 1 is 0.891 bits per heavy atom. The molecule has 0 bridgehead atoms. The Morgan fingerprint density at radius 3 is 2.15 bits per heavy atom. The van der Waals surface area contributed by atoms with E-state index >= 15 is 0 Å². The predicted octanol–water partition coefficient (Wildman–Crippen LogP) is 6.35. The number of nitrogens with zero attached hydrogens (tertiary/aromatic N) is 2. The van der Waals surface area contributed by atoms with Crippen molar-refractivity contribution in [3.8, 4) is 5.75 Å². The van der Waals surface area contributed by atoms with Gasteiger partial charge in [-0.2, -0.15) is 0 Å². The summed E-state index contributed by atoms with van der Waals surface area (Å²) in [5, 5.41) is 2.93. The second-order valence-corrected chi connectivity index (χ2v) is 13.7. The number of sulfonamides is 1. The Balaban J connectivity index is 1.79. The Morgan fingerprint density at radius 2 is 1.54 bits per heavy atom. The lowest BCUT2D eigenvalue weighted by Gasteiger charge is -2.34. The predicted molar refractivity (Wildman–Crippen MR) is 180 cm³/mol. The molecule has 1 atom stereocenters. The lowest BCUT2D eigenvalue weighted by molar-refractivity contribution is -0.140. The van der Waals surface area contributed by atoms with Crippen LogP contribution >= 0.6 is 15.9 Å². The molecule has 0 saturated heterocycles. The van der Waals surface area contributed by atoms with Gasteiger partial charge >= 0.3 is 0 Å². The van der Waals surface area contributed by atoms with Crippen LogP contribution in [0.15, 0.2) is 112 Å². The van der Waals surface area contributed by atoms with Crippen molar-refractivity contribution in [3.05, 3.63) is 125 Å². The molecule has 0 fully saturated rings. The number of amides is 2. The molecule has 4 aromatic carbocycles. The Bertz CT molecular complexity index is 1720. The number of hydrogen-bond acceptors (Lipinski definition) is 5. The second kappa shape index (κ2) is 15.9. The van der Waals surface area contributed by atoms with Crippen molar-refractivity contribution in [2.45, 2.75) is 50.7 Å². The number of anilines is 1. The quantitative estimate of drug-likeness (QED) is 0.165. The zero-order valence-corrected chi connectivity index (χ0v) is 28.3. The third kappa shape index (κ3) is 9.17. The molecule has 0 aromatic heterocycles. The lowest BCUT2D eigenvalue weighted by atomic mass is 10.0. The number of carbonyl (C=O) groups is 2. The minimum absolute atomic E-state index is 0.0294. The summed E-state index contributed by atoms with van der Waals surface area (Å²) in [7, 11) is -4.33. The maximum atomic E-state index is 14.5. The molecular weight excluding hydrogens is 673 g/mol. The molecule has 0 saturated carbocycles. The molecule has 0 aliphatic heterocycles. The molecule has 8 nitrogen and oxygen atoms in total. The van der Waals surface area contributed by atoms with Crippen LogP contribution < -0.4 is 14.4 Å². The molecule has 1 N–H and O–H groups in total. The van der Waals surface area contributed by atoms with Crippen LogP contribution in [0, 0.1) is 5.82 Å². The molecule has 242 valence electrons. The second-order valence-electron chi connectivity index (χ2n) is 10.9. The topological polar surface area (TPSA) is 96.0 Å². The van der Waals surface area contributed by atoms with E-state index in [0.29, 0.717) is 12.4 Å². The van der Waals surface area contributed by atoms with E-state index in [0.717, 1.165) is 32.0 Å². The first kappa shape index (κ1) is 34.6. The average molecular weight is 711 g/mol. The number of carbonyl (C=O) groups excluding carboxylic acids is 2. The highest BCUT2D eigenvalue weighted by molar-refractivity contribution is 9.10. The average Bonchev–Trinajstić information content (AvgIpc) is 3.02. The highest BCUT2D eigenvalue weighted by Gasteiger charge is 2.35. The van der Waals surface area contributed by atoms with E-state index in [9.17, 15) is 22.4 Å². The zero-order chi connectivity index (χ0) is 33.3. The van der Waals surface area contributed by atoms with Gasteiger partial charge in [-0.05, 0) is 92.6 Å². The van der Waals surface area contributed by atoms with E-state index in [1.165, 1.54) is 41.3 Å². The molecule has 4 rings (SSSR count). The summed E-state index contributed by atoms with van der Waals surface area (Å²) < 4.78 is 49.4. The first-order valence-corrected chi connectivity index (χ1v) is 17.1. The van der Waals surface area contributed by atoms with Crippen molar-refractivity contribution in [2.24, 2.45) is 0 Å². The summed E-state index contributed by atoms with van der Waals surface area (Å²) in [6, 6.07) is 26.2. The molecule has 0 unspecified atom stereocenters. The van der Waals surface area contributed by atoms with Gasteiger partial charge in [-0.1, -0.05) is 58.4 Å². The number of halogens is 2. The van der Waals surface area contributed by atoms with Crippen molar-refractivity contribution in [1.82, 2.24) is 10.2 Å². The minimum Gasteiger partial charge on any atom is -0.494 e. The van der Waals surface area contributed by atoms with Crippen LogP contribution in [0.5, 0.6) is 5.75 Å². The molecule has 2 amide bonds. The number of ether oxygens (including phenoxy) is 1. The summed E-state index contributed by atoms with van der Waals surface area (Å²) in [5.74, 6) is -1.05. The van der Waals surface area contributed by atoms with Gasteiger partial charge < -0.3 is 15.0 Å². The highest BCUT2D eigenvalue weighted by Crippen LogP contribution is 2.27. The van der Waals surface area contributed by atoms with Crippen LogP contribution in [0.1, 0.15) is 31.9 Å². The van der Waals surface area contributed by atoms with E-state index < -0.39 is 34.3 Å². The van der Waals surface area contributed by atoms with Gasteiger partial charge in [0.1, 0.15) is 24.2 Å². The fraction of sp³-hybridized carbons (Fsp3) is 0.257. The highest BCUT2D eigenvalue weighted by atomic mass is 79.9. The number of hydrogen-bond donors (Lipinski definition) is 1. The Kier molecular flexibility index (Phi) is 11.9. The Hall–Kier alpha value is -4.22. The van der Waals surface area contributed by atoms with Gasteiger partial charge in [0.25, 0.3) is 10.0 Å². The largest absolute Gasteiger partial charge is 0.494 e. The van der Waals surface area contributed by atoms with Crippen LogP contribution in [0.25, 0.3) is 0 Å². The molecule has 11 heteroatoms. The molecule has 0 aliphatic carbocycles. The maximum absolute atomic E-state index is 14.5. The fourth-order valence-electron chi connectivity index (χ4n) is 4.90. The van der Waals surface area contributed by atoms with E-state index in [2.05, 4.69) is 21.2 Å². The molecule has 46 heavy (non-hydrogen) atoms. The third-order valence-corrected chi connectivity index (χ3v) is 9.34. The molecule has 0 aliphatic rings. The standard InChI is InChI=1S/C35H37BrFN3O5S/c1-4-45-31-17-19-32(20-18-31)46(43,44)40(30-15-13-29(37)14-16-30)24-34(41)39(23-27-11-8-12-28(36)21-27)33(35(42)38-25(2)3)22-26-9-6-5-7-10-26/h5-21,25,33H,4,22-24H2,1-3H3,(H,38,42)/t33-/m1/s1. The number of nitrogens with one attached hydrogen (secondary N) is 1. The van der Waals surface area contributed by atoms with Crippen LogP contribution in [0.4, 0.5) is 10.1 Å². The Labute approximate surface area is 278 Å². The minimum atomic E-state index is -4.33. The molecule has 4 aromatic rings. The van der Waals surface area contributed by atoms with Crippen LogP contribution in [-0.2, 0) is 32.6 Å². The summed E-state index contributed by atoms with van der Waals surface area (Å²) in [4.78, 5) is 29.5. The SMILES string of the molecule is CCOc1ccc(S(=O)(=O)N(CC(=O)N(Cc2cccc(Br)c2)[C@H](Cc2ccccc2)C(=O)NC(C)C)c2ccc(F)cc2)cc1. The van der Waals surface area contributed by atoms with Crippen molar-refractivity contribution in [1.29, 1.82) is 0 Å². The molecule has 0 spiro atoms. The molecular formula is C35H37BrFN3O5S. The van der Waals surface area contributed by atoms with E-state index in [1.54, 1.807) is 0 Å². The van der Waals surface area contributed by atoms with Crippen molar-refractivity contribution < 1.29 is 27.1 Å². The van der Waals surface area contributed by atoms with Gasteiger partial charge in [0.05, 0.1) is 17.2 Å². The molecule has 0 radical (unpaired) electrons. The first-order chi connectivity index (χ1) is 22.0. The number of benzene rings is 4. The van der Waals surface area contributed by atoms with Gasteiger partial charge in [0, 0.05) is 23.5 Å². The van der Waals surface area contributed by atoms with Crippen LogP contribution in [0.2, 0.25) is 0 Å². The van der Waals surface area contributed by atoms with Crippen LogP contribution in [-0.4, -0.2) is 50.4 Å². The van der Waals surface area contributed by atoms with Gasteiger partial charge in [-0.25, -0.2) is 12.8 Å². The lowest BCUT2D eigenvalue weighted by Crippen LogP contribution is -2.54. The first-order valence-electron chi connectivity index (χ1n) is 14.9. The van der Waals surface area contributed by atoms with Gasteiger partial charge in [-0.3, -0.25) is 13.9 Å². The van der Waals surface area contributed by atoms with E-state index in [4.69, 9.17) is 4.74 Å². The van der Waals surface area contributed by atoms with Gasteiger partial charge in [0.2, 0.25) is 11.8 Å². The smallest absolute Gasteiger partial charge is 0.264 e. The fourth-order valence-corrected chi connectivity index (χ4v) is 6.77. The summed E-state index contributed by atoms with van der Waals surface area (Å²) in [5.41, 5.74) is 1.66. The third-order valence-electron chi connectivity index (χ3n) is 7.06. The van der Waals surface area contributed by atoms with E-state index in [1.807, 2.05) is 75.4 Å². The molecule has 0 heterocycles.